The van der Waals surface area contributed by atoms with Gasteiger partial charge in [0, 0.05) is 18.3 Å². The maximum Gasteiger partial charge on any atom is 0.337 e. The van der Waals surface area contributed by atoms with Crippen LogP contribution in [0.1, 0.15) is 21.5 Å². The first kappa shape index (κ1) is 15.2. The van der Waals surface area contributed by atoms with Gasteiger partial charge in [0.25, 0.3) is 0 Å². The zero-order chi connectivity index (χ0) is 15.5. The van der Waals surface area contributed by atoms with Gasteiger partial charge < -0.3 is 4.74 Å². The third-order valence-electron chi connectivity index (χ3n) is 2.92. The van der Waals surface area contributed by atoms with E-state index in [1.807, 2.05) is 0 Å². The molecule has 7 nitrogen and oxygen atoms in total. The fourth-order valence-corrected chi connectivity index (χ4v) is 3.05. The number of ether oxygens (including phenoxy) is 1. The minimum Gasteiger partial charge on any atom is -0.465 e. The minimum absolute atomic E-state index is 0.0499. The lowest BCUT2D eigenvalue weighted by Gasteiger charge is -2.10. The van der Waals surface area contributed by atoms with Crippen molar-refractivity contribution in [2.45, 2.75) is 18.4 Å². The van der Waals surface area contributed by atoms with E-state index in [4.69, 9.17) is 0 Å². The van der Waals surface area contributed by atoms with Crippen molar-refractivity contribution in [2.75, 3.05) is 7.11 Å². The smallest absolute Gasteiger partial charge is 0.337 e. The Morgan fingerprint density at radius 3 is 2.81 bits per heavy atom. The predicted molar refractivity (Wildman–Crippen MR) is 75.1 cm³/mol. The Kier molecular flexibility index (Phi) is 4.39. The van der Waals surface area contributed by atoms with Gasteiger partial charge in [0.15, 0.2) is 0 Å². The number of aryl methyl sites for hydroxylation is 1. The lowest BCUT2D eigenvalue weighted by Crippen LogP contribution is -2.24. The highest BCUT2D eigenvalue weighted by atomic mass is 32.2. The highest BCUT2D eigenvalue weighted by Crippen LogP contribution is 2.18. The molecule has 0 aliphatic heterocycles. The summed E-state index contributed by atoms with van der Waals surface area (Å²) in [6.07, 6.45) is 3.13. The van der Waals surface area contributed by atoms with Crippen LogP contribution in [0.2, 0.25) is 0 Å². The van der Waals surface area contributed by atoms with Gasteiger partial charge in [-0.15, -0.1) is 0 Å². The number of aromatic amines is 1. The molecule has 0 amide bonds. The zero-order valence-electron chi connectivity index (χ0n) is 11.6. The molecule has 0 atom stereocenters. The van der Waals surface area contributed by atoms with Crippen LogP contribution in [0.4, 0.5) is 0 Å². The summed E-state index contributed by atoms with van der Waals surface area (Å²) < 4.78 is 31.7. The molecule has 1 heterocycles. The van der Waals surface area contributed by atoms with Crippen molar-refractivity contribution < 1.29 is 17.9 Å². The van der Waals surface area contributed by atoms with Gasteiger partial charge in [-0.3, -0.25) is 5.10 Å². The van der Waals surface area contributed by atoms with E-state index in [1.165, 1.54) is 25.4 Å². The molecule has 0 saturated carbocycles. The van der Waals surface area contributed by atoms with Crippen LogP contribution in [-0.2, 0) is 21.3 Å². The number of nitrogens with zero attached hydrogens (tertiary/aromatic N) is 1. The molecule has 0 fully saturated rings. The van der Waals surface area contributed by atoms with Crippen molar-refractivity contribution in [3.8, 4) is 0 Å². The topological polar surface area (TPSA) is 101 Å². The highest BCUT2D eigenvalue weighted by Gasteiger charge is 2.19. The first-order chi connectivity index (χ1) is 9.94. The number of hydrogen-bond donors (Lipinski definition) is 2. The number of sulfonamides is 1. The lowest BCUT2D eigenvalue weighted by atomic mass is 10.1. The Balaban J connectivity index is 2.28. The molecule has 1 aromatic heterocycles. The fourth-order valence-electron chi connectivity index (χ4n) is 1.76. The molecular formula is C13H15N3O4S. The molecule has 21 heavy (non-hydrogen) atoms. The Hall–Kier alpha value is -2.19. The van der Waals surface area contributed by atoms with E-state index in [0.29, 0.717) is 11.1 Å². The van der Waals surface area contributed by atoms with Gasteiger partial charge in [-0.25, -0.2) is 17.9 Å². The molecule has 0 bridgehead atoms. The number of carbonyl (C=O) groups excluding carboxylic acids is 1. The number of rotatable bonds is 5. The van der Waals surface area contributed by atoms with E-state index in [0.717, 1.165) is 0 Å². The van der Waals surface area contributed by atoms with Crippen molar-refractivity contribution in [3.05, 3.63) is 47.3 Å². The summed E-state index contributed by atoms with van der Waals surface area (Å²) in [4.78, 5) is 11.5. The summed E-state index contributed by atoms with van der Waals surface area (Å²) >= 11 is 0. The average molecular weight is 309 g/mol. The number of hydrogen-bond acceptors (Lipinski definition) is 5. The molecule has 112 valence electrons. The summed E-state index contributed by atoms with van der Waals surface area (Å²) in [7, 11) is -2.49. The second-order valence-electron chi connectivity index (χ2n) is 4.40. The van der Waals surface area contributed by atoms with E-state index in [2.05, 4.69) is 19.7 Å². The van der Waals surface area contributed by atoms with Gasteiger partial charge in [-0.05, 0) is 24.6 Å². The van der Waals surface area contributed by atoms with E-state index in [9.17, 15) is 13.2 Å². The standard InChI is InChI=1S/C13H15N3O4S/c1-9-3-4-11(13(17)20-2)5-12(9)21(18,19)16-8-10-6-14-15-7-10/h3-7,16H,8H2,1-2H3,(H,14,15). The molecule has 0 unspecified atom stereocenters. The summed E-state index contributed by atoms with van der Waals surface area (Å²) in [6.45, 7) is 1.77. The number of aromatic nitrogens is 2. The number of benzene rings is 1. The number of methoxy groups -OCH3 is 1. The summed E-state index contributed by atoms with van der Waals surface area (Å²) in [5.74, 6) is -0.582. The van der Waals surface area contributed by atoms with Crippen LogP contribution < -0.4 is 4.72 Å². The van der Waals surface area contributed by atoms with Crippen molar-refractivity contribution in [2.24, 2.45) is 0 Å². The molecule has 0 saturated heterocycles. The summed E-state index contributed by atoms with van der Waals surface area (Å²) in [6, 6.07) is 4.40. The number of nitrogens with one attached hydrogen (secondary N) is 2. The minimum atomic E-state index is -3.73. The zero-order valence-corrected chi connectivity index (χ0v) is 12.4. The van der Waals surface area contributed by atoms with Crippen molar-refractivity contribution in [1.82, 2.24) is 14.9 Å². The van der Waals surface area contributed by atoms with E-state index in [1.54, 1.807) is 19.2 Å². The molecule has 2 N–H and O–H groups in total. The molecule has 0 aliphatic carbocycles. The van der Waals surface area contributed by atoms with Crippen LogP contribution in [0.3, 0.4) is 0 Å². The number of H-pyrrole nitrogens is 1. The fraction of sp³-hybridized carbons (Fsp3) is 0.231. The summed E-state index contributed by atoms with van der Waals surface area (Å²) in [5, 5.41) is 6.34. The van der Waals surface area contributed by atoms with Gasteiger partial charge >= 0.3 is 5.97 Å². The lowest BCUT2D eigenvalue weighted by molar-refractivity contribution is 0.0600. The Bertz CT molecular complexity index is 739. The third kappa shape index (κ3) is 3.47. The van der Waals surface area contributed by atoms with Gasteiger partial charge in [-0.1, -0.05) is 6.07 Å². The van der Waals surface area contributed by atoms with Gasteiger partial charge in [-0.2, -0.15) is 5.10 Å². The third-order valence-corrected chi connectivity index (χ3v) is 4.46. The Morgan fingerprint density at radius 1 is 1.43 bits per heavy atom. The van der Waals surface area contributed by atoms with Gasteiger partial charge in [0.1, 0.15) is 0 Å². The van der Waals surface area contributed by atoms with Crippen LogP contribution in [0.5, 0.6) is 0 Å². The molecule has 8 heteroatoms. The average Bonchev–Trinajstić information content (AvgIpc) is 2.98. The van der Waals surface area contributed by atoms with E-state index < -0.39 is 16.0 Å². The normalized spacial score (nSPS) is 11.3. The second kappa shape index (κ2) is 6.06. The molecule has 0 radical (unpaired) electrons. The quantitative estimate of drug-likeness (QED) is 0.802. The van der Waals surface area contributed by atoms with E-state index >= 15 is 0 Å². The molecule has 2 rings (SSSR count). The highest BCUT2D eigenvalue weighted by molar-refractivity contribution is 7.89. The molecule has 1 aromatic carbocycles. The maximum atomic E-state index is 12.3. The Morgan fingerprint density at radius 2 is 2.19 bits per heavy atom. The molecule has 0 aliphatic rings. The van der Waals surface area contributed by atoms with E-state index in [-0.39, 0.29) is 17.0 Å². The monoisotopic (exact) mass is 309 g/mol. The van der Waals surface area contributed by atoms with Crippen LogP contribution in [0.25, 0.3) is 0 Å². The first-order valence-electron chi connectivity index (χ1n) is 6.10. The first-order valence-corrected chi connectivity index (χ1v) is 7.58. The predicted octanol–water partition coefficient (Wildman–Crippen LogP) is 0.983. The van der Waals surface area contributed by atoms with Crippen molar-refractivity contribution in [3.63, 3.8) is 0 Å². The maximum absolute atomic E-state index is 12.3. The van der Waals surface area contributed by atoms with Crippen LogP contribution >= 0.6 is 0 Å². The van der Waals surface area contributed by atoms with Crippen molar-refractivity contribution >= 4 is 16.0 Å². The molecule has 0 spiro atoms. The molecule has 2 aromatic rings. The number of esters is 1. The van der Waals surface area contributed by atoms with Crippen molar-refractivity contribution in [1.29, 1.82) is 0 Å². The largest absolute Gasteiger partial charge is 0.465 e. The van der Waals surface area contributed by atoms with Gasteiger partial charge in [0.2, 0.25) is 10.0 Å². The number of carbonyl (C=O) groups is 1. The summed E-state index contributed by atoms with van der Waals surface area (Å²) in [5.41, 5.74) is 1.44. The molecular weight excluding hydrogens is 294 g/mol. The SMILES string of the molecule is COC(=O)c1ccc(C)c(S(=O)(=O)NCc2cn[nH]c2)c1. The van der Waals surface area contributed by atoms with Crippen LogP contribution in [0, 0.1) is 6.92 Å². The van der Waals surface area contributed by atoms with Crippen LogP contribution in [-0.4, -0.2) is 31.7 Å². The second-order valence-corrected chi connectivity index (χ2v) is 6.14. The Labute approximate surface area is 122 Å². The van der Waals surface area contributed by atoms with Gasteiger partial charge in [0.05, 0.1) is 23.8 Å². The van der Waals surface area contributed by atoms with Crippen LogP contribution in [0.15, 0.2) is 35.5 Å².